The minimum Gasteiger partial charge on any atom is -0.268 e. The van der Waals surface area contributed by atoms with Gasteiger partial charge in [-0.15, -0.1) is 0 Å². The highest BCUT2D eigenvalue weighted by molar-refractivity contribution is 5.95. The minimum atomic E-state index is -0.234. The third-order valence-corrected chi connectivity index (χ3v) is 4.08. The highest BCUT2D eigenvalue weighted by Crippen LogP contribution is 2.13. The number of hydrazone groups is 1. The van der Waals surface area contributed by atoms with Crippen LogP contribution in [0.5, 0.6) is 0 Å². The average molecular weight is 346 g/mol. The molecule has 0 aliphatic carbocycles. The van der Waals surface area contributed by atoms with E-state index in [1.165, 1.54) is 5.56 Å². The number of nitrogens with zero attached hydrogens (tertiary/aromatic N) is 3. The summed E-state index contributed by atoms with van der Waals surface area (Å²) in [5, 5.41) is 8.23. The summed E-state index contributed by atoms with van der Waals surface area (Å²) in [5.41, 5.74) is 6.38. The van der Waals surface area contributed by atoms with Crippen LogP contribution in [0.2, 0.25) is 0 Å². The predicted octanol–water partition coefficient (Wildman–Crippen LogP) is 3.82. The molecule has 0 atom stereocenters. The van der Waals surface area contributed by atoms with E-state index >= 15 is 0 Å². The zero-order valence-electron chi connectivity index (χ0n) is 15.0. The van der Waals surface area contributed by atoms with E-state index in [-0.39, 0.29) is 5.91 Å². The van der Waals surface area contributed by atoms with Crippen LogP contribution in [0, 0.1) is 0 Å². The molecule has 2 aromatic carbocycles. The van der Waals surface area contributed by atoms with E-state index in [9.17, 15) is 4.79 Å². The van der Waals surface area contributed by atoms with Crippen molar-refractivity contribution in [2.45, 2.75) is 26.3 Å². The van der Waals surface area contributed by atoms with Crippen LogP contribution < -0.4 is 5.43 Å². The first-order valence-electron chi connectivity index (χ1n) is 8.61. The van der Waals surface area contributed by atoms with Gasteiger partial charge in [-0.25, -0.2) is 5.43 Å². The molecule has 0 aliphatic heterocycles. The number of hydrogen-bond donors (Lipinski definition) is 1. The molecule has 5 heteroatoms. The lowest BCUT2D eigenvalue weighted by Gasteiger charge is -2.05. The molecule has 132 valence electrons. The summed E-state index contributed by atoms with van der Waals surface area (Å²) in [6.07, 6.45) is 5.27. The van der Waals surface area contributed by atoms with E-state index in [2.05, 4.69) is 41.6 Å². The van der Waals surface area contributed by atoms with Crippen molar-refractivity contribution in [2.75, 3.05) is 0 Å². The van der Waals surface area contributed by atoms with Crippen LogP contribution in [-0.4, -0.2) is 21.9 Å². The van der Waals surface area contributed by atoms with Crippen LogP contribution in [0.15, 0.2) is 72.1 Å². The summed E-state index contributed by atoms with van der Waals surface area (Å²) >= 11 is 0. The first-order chi connectivity index (χ1) is 12.6. The second-order valence-electron chi connectivity index (χ2n) is 6.42. The molecule has 0 bridgehead atoms. The summed E-state index contributed by atoms with van der Waals surface area (Å²) in [5.74, 6) is 0.261. The van der Waals surface area contributed by atoms with Crippen molar-refractivity contribution in [3.05, 3.63) is 89.2 Å². The van der Waals surface area contributed by atoms with E-state index in [0.717, 1.165) is 11.1 Å². The van der Waals surface area contributed by atoms with E-state index in [1.807, 2.05) is 47.3 Å². The van der Waals surface area contributed by atoms with Crippen molar-refractivity contribution in [1.29, 1.82) is 0 Å². The van der Waals surface area contributed by atoms with Crippen molar-refractivity contribution in [2.24, 2.45) is 5.10 Å². The molecule has 1 N–H and O–H groups in total. The van der Waals surface area contributed by atoms with Crippen LogP contribution >= 0.6 is 0 Å². The van der Waals surface area contributed by atoms with Gasteiger partial charge in [-0.1, -0.05) is 50.2 Å². The summed E-state index contributed by atoms with van der Waals surface area (Å²) < 4.78 is 1.82. The fourth-order valence-corrected chi connectivity index (χ4v) is 2.59. The molecule has 3 rings (SSSR count). The van der Waals surface area contributed by atoms with Gasteiger partial charge in [-0.3, -0.25) is 9.48 Å². The van der Waals surface area contributed by atoms with Gasteiger partial charge in [0.05, 0.1) is 12.8 Å². The zero-order valence-corrected chi connectivity index (χ0v) is 15.0. The standard InChI is InChI=1S/C21H22N4O/c1-16(2)19-9-7-17(8-10-19)14-22-24-21(26)20-6-3-5-18(13-20)15-25-12-4-11-23-25/h3-14,16H,15H2,1-2H3,(H,24,26)/b22-14+. The quantitative estimate of drug-likeness (QED) is 0.545. The van der Waals surface area contributed by atoms with Gasteiger partial charge in [0.15, 0.2) is 0 Å². The SMILES string of the molecule is CC(C)c1ccc(/C=N/NC(=O)c2cccc(Cn3cccn3)c2)cc1. The van der Waals surface area contributed by atoms with Gasteiger partial charge < -0.3 is 0 Å². The lowest BCUT2D eigenvalue weighted by molar-refractivity contribution is 0.0955. The third kappa shape index (κ3) is 4.66. The number of rotatable bonds is 6. The van der Waals surface area contributed by atoms with Crippen molar-refractivity contribution in [1.82, 2.24) is 15.2 Å². The fraction of sp³-hybridized carbons (Fsp3) is 0.190. The van der Waals surface area contributed by atoms with Gasteiger partial charge in [0, 0.05) is 18.0 Å². The summed E-state index contributed by atoms with van der Waals surface area (Å²) in [4.78, 5) is 12.3. The lowest BCUT2D eigenvalue weighted by atomic mass is 10.0. The normalized spacial score (nSPS) is 11.2. The molecule has 0 unspecified atom stereocenters. The molecule has 5 nitrogen and oxygen atoms in total. The Morgan fingerprint density at radius 2 is 2.00 bits per heavy atom. The first-order valence-corrected chi connectivity index (χ1v) is 8.61. The van der Waals surface area contributed by atoms with Crippen molar-refractivity contribution in [3.8, 4) is 0 Å². The van der Waals surface area contributed by atoms with Crippen LogP contribution in [0.1, 0.15) is 46.8 Å². The molecule has 1 heterocycles. The predicted molar refractivity (Wildman–Crippen MR) is 103 cm³/mol. The Bertz CT molecular complexity index is 881. The van der Waals surface area contributed by atoms with Gasteiger partial charge in [0.2, 0.25) is 0 Å². The Morgan fingerprint density at radius 1 is 1.19 bits per heavy atom. The minimum absolute atomic E-state index is 0.234. The highest BCUT2D eigenvalue weighted by Gasteiger charge is 2.05. The van der Waals surface area contributed by atoms with E-state index in [0.29, 0.717) is 18.0 Å². The number of hydrogen-bond acceptors (Lipinski definition) is 3. The number of benzene rings is 2. The molecular weight excluding hydrogens is 324 g/mol. The molecule has 26 heavy (non-hydrogen) atoms. The Morgan fingerprint density at radius 3 is 2.69 bits per heavy atom. The van der Waals surface area contributed by atoms with Crippen LogP contribution in [0.25, 0.3) is 0 Å². The van der Waals surface area contributed by atoms with E-state index < -0.39 is 0 Å². The van der Waals surface area contributed by atoms with Gasteiger partial charge in [-0.2, -0.15) is 10.2 Å². The largest absolute Gasteiger partial charge is 0.271 e. The van der Waals surface area contributed by atoms with Crippen molar-refractivity contribution < 1.29 is 4.79 Å². The van der Waals surface area contributed by atoms with E-state index in [4.69, 9.17) is 0 Å². The fourth-order valence-electron chi connectivity index (χ4n) is 2.59. The Hall–Kier alpha value is -3.21. The van der Waals surface area contributed by atoms with Crippen LogP contribution in [0.3, 0.4) is 0 Å². The van der Waals surface area contributed by atoms with Gasteiger partial charge in [0.1, 0.15) is 0 Å². The maximum Gasteiger partial charge on any atom is 0.271 e. The van der Waals surface area contributed by atoms with Crippen molar-refractivity contribution >= 4 is 12.1 Å². The first kappa shape index (κ1) is 17.6. The number of aromatic nitrogens is 2. The second kappa shape index (κ2) is 8.25. The Kier molecular flexibility index (Phi) is 5.59. The van der Waals surface area contributed by atoms with Gasteiger partial charge >= 0.3 is 0 Å². The third-order valence-electron chi connectivity index (χ3n) is 4.08. The van der Waals surface area contributed by atoms with E-state index in [1.54, 1.807) is 18.5 Å². The molecule has 1 amide bonds. The molecule has 0 fully saturated rings. The molecule has 0 spiro atoms. The number of nitrogens with one attached hydrogen (secondary N) is 1. The summed E-state index contributed by atoms with van der Waals surface area (Å²) in [6, 6.07) is 17.5. The smallest absolute Gasteiger partial charge is 0.268 e. The van der Waals surface area contributed by atoms with Crippen molar-refractivity contribution in [3.63, 3.8) is 0 Å². The maximum atomic E-state index is 12.3. The van der Waals surface area contributed by atoms with Crippen LogP contribution in [-0.2, 0) is 6.54 Å². The number of carbonyl (C=O) groups is 1. The average Bonchev–Trinajstić information content (AvgIpc) is 3.15. The molecule has 0 saturated carbocycles. The topological polar surface area (TPSA) is 59.3 Å². The second-order valence-corrected chi connectivity index (χ2v) is 6.42. The zero-order chi connectivity index (χ0) is 18.4. The molecule has 1 aromatic heterocycles. The Labute approximate surface area is 153 Å². The molecule has 3 aromatic rings. The molecule has 0 aliphatic rings. The lowest BCUT2D eigenvalue weighted by Crippen LogP contribution is -2.18. The molecule has 0 saturated heterocycles. The number of amides is 1. The maximum absolute atomic E-state index is 12.3. The Balaban J connectivity index is 1.61. The molecule has 0 radical (unpaired) electrons. The number of carbonyl (C=O) groups excluding carboxylic acids is 1. The van der Waals surface area contributed by atoms with Gasteiger partial charge in [-0.05, 0) is 40.8 Å². The highest BCUT2D eigenvalue weighted by atomic mass is 16.2. The van der Waals surface area contributed by atoms with Gasteiger partial charge in [0.25, 0.3) is 5.91 Å². The molecular formula is C21H22N4O. The summed E-state index contributed by atoms with van der Waals surface area (Å²) in [6.45, 7) is 4.94. The monoisotopic (exact) mass is 346 g/mol. The summed E-state index contributed by atoms with van der Waals surface area (Å²) in [7, 11) is 0. The van der Waals surface area contributed by atoms with Crippen LogP contribution in [0.4, 0.5) is 0 Å².